The lowest BCUT2D eigenvalue weighted by Crippen LogP contribution is -2.23. The number of benzene rings is 4. The fraction of sp³-hybridized carbons (Fsp3) is 0.314. The summed E-state index contributed by atoms with van der Waals surface area (Å²) in [6.45, 7) is 11.2. The van der Waals surface area contributed by atoms with E-state index < -0.39 is 5.41 Å². The van der Waals surface area contributed by atoms with Gasteiger partial charge in [-0.15, -0.1) is 15.0 Å². The van der Waals surface area contributed by atoms with Crippen LogP contribution in [0.3, 0.4) is 0 Å². The first kappa shape index (κ1) is 28.0. The van der Waals surface area contributed by atoms with Crippen LogP contribution in [-0.2, 0) is 10.8 Å². The Balaban J connectivity index is 1.61. The van der Waals surface area contributed by atoms with Crippen molar-refractivity contribution in [3.8, 4) is 11.4 Å². The van der Waals surface area contributed by atoms with Crippen molar-refractivity contribution in [1.29, 1.82) is 0 Å². The van der Waals surface area contributed by atoms with E-state index in [-0.39, 0.29) is 11.2 Å². The van der Waals surface area contributed by atoms with Crippen LogP contribution >= 0.6 is 11.8 Å². The Kier molecular flexibility index (Phi) is 8.04. The molecule has 5 rings (SSSR count). The van der Waals surface area contributed by atoms with Gasteiger partial charge in [0.25, 0.3) is 0 Å². The largest absolute Gasteiger partial charge is 0.505 e. The van der Waals surface area contributed by atoms with E-state index in [4.69, 9.17) is 10.2 Å². The number of nitrogens with zero attached hydrogens (tertiary/aromatic N) is 3. The van der Waals surface area contributed by atoms with E-state index in [1.165, 1.54) is 29.7 Å². The van der Waals surface area contributed by atoms with Crippen LogP contribution in [0.15, 0.2) is 101 Å². The summed E-state index contributed by atoms with van der Waals surface area (Å²) < 4.78 is 0. The van der Waals surface area contributed by atoms with Gasteiger partial charge in [-0.25, -0.2) is 0 Å². The number of fused-ring (bicyclic) bond motifs is 1. The van der Waals surface area contributed by atoms with E-state index in [0.717, 1.165) is 33.5 Å². The molecule has 0 aliphatic carbocycles. The molecule has 1 N–H and O–H groups in total. The molecule has 0 bridgehead atoms. The van der Waals surface area contributed by atoms with Gasteiger partial charge in [0, 0.05) is 20.8 Å². The molecule has 0 unspecified atom stereocenters. The second-order valence-electron chi connectivity index (χ2n) is 11.8. The standard InChI is InChI=1S/C35H39N3OS/c1-6-7-14-21-34(2,3)26-22-29(35(4,5)25-15-10-8-11-16-25)33(39)32(23-26)38-36-30-20-19-28(24-31(30)37-38)40-27-17-12-9-13-18-27/h8-13,15-20,22-24,39H,6-7,14,21H2,1-5H3. The second-order valence-corrected chi connectivity index (χ2v) is 12.9. The first-order chi connectivity index (χ1) is 19.2. The maximum Gasteiger partial charge on any atom is 0.147 e. The van der Waals surface area contributed by atoms with Crippen molar-refractivity contribution < 1.29 is 5.11 Å². The number of hydrogen-bond acceptors (Lipinski definition) is 4. The molecule has 4 nitrogen and oxygen atoms in total. The average Bonchev–Trinajstić information content (AvgIpc) is 3.37. The van der Waals surface area contributed by atoms with Gasteiger partial charge in [0.2, 0.25) is 0 Å². The van der Waals surface area contributed by atoms with Gasteiger partial charge in [0.15, 0.2) is 0 Å². The molecular formula is C35H39N3OS. The van der Waals surface area contributed by atoms with E-state index in [1.54, 1.807) is 16.6 Å². The minimum Gasteiger partial charge on any atom is -0.505 e. The molecular weight excluding hydrogens is 510 g/mol. The number of rotatable bonds is 10. The fourth-order valence-corrected chi connectivity index (χ4v) is 6.17. The van der Waals surface area contributed by atoms with Crippen molar-refractivity contribution in [3.63, 3.8) is 0 Å². The quantitative estimate of drug-likeness (QED) is 0.176. The van der Waals surface area contributed by atoms with Gasteiger partial charge in [0.1, 0.15) is 22.5 Å². The molecule has 0 saturated carbocycles. The number of aromatic nitrogens is 3. The third-order valence-corrected chi connectivity index (χ3v) is 8.99. The number of hydrogen-bond donors (Lipinski definition) is 1. The van der Waals surface area contributed by atoms with E-state index in [1.807, 2.05) is 30.3 Å². The molecule has 40 heavy (non-hydrogen) atoms. The normalized spacial score (nSPS) is 12.2. The predicted octanol–water partition coefficient (Wildman–Crippen LogP) is 9.46. The monoisotopic (exact) mass is 549 g/mol. The van der Waals surface area contributed by atoms with Crippen molar-refractivity contribution in [2.45, 2.75) is 80.9 Å². The van der Waals surface area contributed by atoms with Crippen molar-refractivity contribution in [3.05, 3.63) is 108 Å². The molecule has 0 fully saturated rings. The molecule has 1 aromatic heterocycles. The van der Waals surface area contributed by atoms with Crippen molar-refractivity contribution in [2.24, 2.45) is 0 Å². The predicted molar refractivity (Wildman–Crippen MR) is 167 cm³/mol. The number of aromatic hydroxyl groups is 1. The Bertz CT molecular complexity index is 1590. The molecule has 0 amide bonds. The lowest BCUT2D eigenvalue weighted by atomic mass is 9.73. The highest BCUT2D eigenvalue weighted by atomic mass is 32.2. The van der Waals surface area contributed by atoms with Gasteiger partial charge in [-0.3, -0.25) is 0 Å². The Morgan fingerprint density at radius 3 is 2.10 bits per heavy atom. The summed E-state index contributed by atoms with van der Waals surface area (Å²) in [4.78, 5) is 3.90. The molecule has 206 valence electrons. The Hall–Kier alpha value is -3.57. The van der Waals surface area contributed by atoms with Crippen LogP contribution in [0.25, 0.3) is 16.7 Å². The lowest BCUT2D eigenvalue weighted by molar-refractivity contribution is 0.433. The Labute approximate surface area is 242 Å². The second kappa shape index (κ2) is 11.5. The van der Waals surface area contributed by atoms with E-state index in [2.05, 4.69) is 95.3 Å². The van der Waals surface area contributed by atoms with Crippen LogP contribution in [0.2, 0.25) is 0 Å². The van der Waals surface area contributed by atoms with E-state index in [9.17, 15) is 5.11 Å². The van der Waals surface area contributed by atoms with Crippen molar-refractivity contribution in [1.82, 2.24) is 15.0 Å². The summed E-state index contributed by atoms with van der Waals surface area (Å²) in [6.07, 6.45) is 4.65. The van der Waals surface area contributed by atoms with Crippen molar-refractivity contribution >= 4 is 22.8 Å². The highest BCUT2D eigenvalue weighted by Gasteiger charge is 2.32. The molecule has 1 heterocycles. The third-order valence-electron chi connectivity index (χ3n) is 7.99. The van der Waals surface area contributed by atoms with Crippen LogP contribution in [-0.4, -0.2) is 20.1 Å². The summed E-state index contributed by atoms with van der Waals surface area (Å²) in [5.74, 6) is 0.223. The minimum absolute atomic E-state index is 0.0643. The molecule has 0 aliphatic heterocycles. The zero-order valence-corrected chi connectivity index (χ0v) is 25.0. The molecule has 4 aromatic carbocycles. The van der Waals surface area contributed by atoms with Gasteiger partial charge in [-0.1, -0.05) is 120 Å². The molecule has 0 atom stereocenters. The number of phenolic OH excluding ortho intramolecular Hbond substituents is 1. The first-order valence-corrected chi connectivity index (χ1v) is 15.0. The molecule has 0 aliphatic rings. The highest BCUT2D eigenvalue weighted by molar-refractivity contribution is 7.99. The molecule has 0 spiro atoms. The Morgan fingerprint density at radius 1 is 0.725 bits per heavy atom. The van der Waals surface area contributed by atoms with Gasteiger partial charge in [0.05, 0.1) is 0 Å². The van der Waals surface area contributed by atoms with Crippen LogP contribution in [0.5, 0.6) is 5.75 Å². The fourth-order valence-electron chi connectivity index (χ4n) is 5.30. The summed E-state index contributed by atoms with van der Waals surface area (Å²) >= 11 is 1.70. The summed E-state index contributed by atoms with van der Waals surface area (Å²) in [5, 5.41) is 21.5. The van der Waals surface area contributed by atoms with Gasteiger partial charge < -0.3 is 5.11 Å². The lowest BCUT2D eigenvalue weighted by Gasteiger charge is -2.32. The minimum atomic E-state index is -0.415. The Morgan fingerprint density at radius 2 is 1.40 bits per heavy atom. The van der Waals surface area contributed by atoms with E-state index in [0.29, 0.717) is 5.69 Å². The zero-order chi connectivity index (χ0) is 28.3. The molecule has 5 aromatic rings. The average molecular weight is 550 g/mol. The van der Waals surface area contributed by atoms with Gasteiger partial charge in [-0.05, 0) is 59.4 Å². The highest BCUT2D eigenvalue weighted by Crippen LogP contribution is 2.43. The summed E-state index contributed by atoms with van der Waals surface area (Å²) in [5.41, 5.74) is 4.97. The number of unbranched alkanes of at least 4 members (excludes halogenated alkanes) is 2. The van der Waals surface area contributed by atoms with Crippen LogP contribution in [0.4, 0.5) is 0 Å². The number of phenols is 1. The molecule has 0 saturated heterocycles. The first-order valence-electron chi connectivity index (χ1n) is 14.2. The van der Waals surface area contributed by atoms with Crippen molar-refractivity contribution in [2.75, 3.05) is 0 Å². The van der Waals surface area contributed by atoms with Crippen LogP contribution in [0, 0.1) is 0 Å². The summed E-state index contributed by atoms with van der Waals surface area (Å²) in [6, 6.07) is 31.2. The molecule has 5 heteroatoms. The zero-order valence-electron chi connectivity index (χ0n) is 24.2. The van der Waals surface area contributed by atoms with E-state index >= 15 is 0 Å². The molecule has 0 radical (unpaired) electrons. The third kappa shape index (κ3) is 5.80. The SMILES string of the molecule is CCCCCC(C)(C)c1cc(-n2nc3ccc(Sc4ccccc4)cc3n2)c(O)c(C(C)(C)c2ccccc2)c1. The maximum atomic E-state index is 11.8. The van der Waals surface area contributed by atoms with Gasteiger partial charge in [-0.2, -0.15) is 0 Å². The topological polar surface area (TPSA) is 50.9 Å². The van der Waals surface area contributed by atoms with Crippen LogP contribution < -0.4 is 0 Å². The van der Waals surface area contributed by atoms with Crippen LogP contribution in [0.1, 0.15) is 77.0 Å². The summed E-state index contributed by atoms with van der Waals surface area (Å²) in [7, 11) is 0. The maximum absolute atomic E-state index is 11.8. The smallest absolute Gasteiger partial charge is 0.147 e. The van der Waals surface area contributed by atoms with Gasteiger partial charge >= 0.3 is 0 Å².